The van der Waals surface area contributed by atoms with Crippen LogP contribution in [-0.4, -0.2) is 4.98 Å². The Morgan fingerprint density at radius 3 is 2.67 bits per heavy atom. The molecule has 0 radical (unpaired) electrons. The van der Waals surface area contributed by atoms with Gasteiger partial charge in [0.05, 0.1) is 5.02 Å². The number of rotatable bonds is 3. The van der Waals surface area contributed by atoms with Crippen LogP contribution in [0.25, 0.3) is 0 Å². The second-order valence-corrected chi connectivity index (χ2v) is 4.91. The average Bonchev–Trinajstić information content (AvgIpc) is 2.32. The molecule has 0 aliphatic heterocycles. The number of anilines is 1. The smallest absolute Gasteiger partial charge is 0.166 e. The molecule has 0 bridgehead atoms. The van der Waals surface area contributed by atoms with Crippen LogP contribution in [0, 0.1) is 11.6 Å². The predicted octanol–water partition coefficient (Wildman–Crippen LogP) is 4.39. The number of pyridine rings is 1. The van der Waals surface area contributed by atoms with Crippen molar-refractivity contribution < 1.29 is 8.78 Å². The van der Waals surface area contributed by atoms with Crippen LogP contribution >= 0.6 is 27.5 Å². The van der Waals surface area contributed by atoms with Crippen LogP contribution in [0.4, 0.5) is 14.6 Å². The third kappa shape index (κ3) is 3.17. The Hall–Kier alpha value is -1.20. The van der Waals surface area contributed by atoms with E-state index in [1.54, 1.807) is 6.07 Å². The summed E-state index contributed by atoms with van der Waals surface area (Å²) in [5.41, 5.74) is 0.741. The summed E-state index contributed by atoms with van der Waals surface area (Å²) in [6, 6.07) is 5.64. The highest BCUT2D eigenvalue weighted by molar-refractivity contribution is 9.10. The Balaban J connectivity index is 2.09. The van der Waals surface area contributed by atoms with Crippen LogP contribution in [0.1, 0.15) is 5.56 Å². The summed E-state index contributed by atoms with van der Waals surface area (Å²) in [5.74, 6) is -0.801. The molecule has 1 aromatic heterocycles. The first-order valence-electron chi connectivity index (χ1n) is 5.05. The van der Waals surface area contributed by atoms with Crippen molar-refractivity contribution in [1.29, 1.82) is 0 Å². The minimum Gasteiger partial charge on any atom is -0.364 e. The van der Waals surface area contributed by atoms with E-state index in [0.717, 1.165) is 5.56 Å². The lowest BCUT2D eigenvalue weighted by molar-refractivity contribution is 0.622. The fourth-order valence-corrected chi connectivity index (χ4v) is 1.89. The molecule has 0 unspecified atom stereocenters. The van der Waals surface area contributed by atoms with Crippen molar-refractivity contribution in [2.24, 2.45) is 0 Å². The van der Waals surface area contributed by atoms with Crippen molar-refractivity contribution in [1.82, 2.24) is 4.98 Å². The standard InChI is InChI=1S/C12H8BrClF2N2/c13-8-4-11(16)12(18-6-8)17-5-7-1-2-10(15)9(14)3-7/h1-4,6H,5H2,(H,17,18). The number of aromatic nitrogens is 1. The van der Waals surface area contributed by atoms with Gasteiger partial charge in [0.2, 0.25) is 0 Å². The van der Waals surface area contributed by atoms with Crippen LogP contribution < -0.4 is 5.32 Å². The fraction of sp³-hybridized carbons (Fsp3) is 0.0833. The van der Waals surface area contributed by atoms with Crippen molar-refractivity contribution in [2.45, 2.75) is 6.54 Å². The van der Waals surface area contributed by atoms with Gasteiger partial charge in [-0.05, 0) is 39.7 Å². The van der Waals surface area contributed by atoms with Gasteiger partial charge in [0.1, 0.15) is 5.82 Å². The molecule has 0 saturated carbocycles. The van der Waals surface area contributed by atoms with Gasteiger partial charge in [-0.2, -0.15) is 0 Å². The van der Waals surface area contributed by atoms with Crippen LogP contribution in [0.5, 0.6) is 0 Å². The summed E-state index contributed by atoms with van der Waals surface area (Å²) in [4.78, 5) is 3.89. The van der Waals surface area contributed by atoms with Gasteiger partial charge in [-0.25, -0.2) is 13.8 Å². The Kier molecular flexibility index (Phi) is 4.14. The van der Waals surface area contributed by atoms with Crippen LogP contribution in [0.15, 0.2) is 34.9 Å². The first-order chi connectivity index (χ1) is 8.56. The van der Waals surface area contributed by atoms with Crippen molar-refractivity contribution in [3.63, 3.8) is 0 Å². The van der Waals surface area contributed by atoms with Crippen molar-refractivity contribution >= 4 is 33.3 Å². The molecule has 6 heteroatoms. The SMILES string of the molecule is Fc1ccc(CNc2ncc(Br)cc2F)cc1Cl. The molecule has 1 N–H and O–H groups in total. The van der Waals surface area contributed by atoms with E-state index in [-0.39, 0.29) is 10.8 Å². The zero-order valence-electron chi connectivity index (χ0n) is 9.05. The molecule has 0 saturated heterocycles. The maximum Gasteiger partial charge on any atom is 0.166 e. The lowest BCUT2D eigenvalue weighted by Crippen LogP contribution is -2.03. The monoisotopic (exact) mass is 332 g/mol. The molecule has 0 fully saturated rings. The molecule has 2 nitrogen and oxygen atoms in total. The summed E-state index contributed by atoms with van der Waals surface area (Å²) >= 11 is 8.77. The van der Waals surface area contributed by atoms with Crippen molar-refractivity contribution in [3.05, 3.63) is 57.2 Å². The van der Waals surface area contributed by atoms with Crippen LogP contribution in [0.3, 0.4) is 0 Å². The topological polar surface area (TPSA) is 24.9 Å². The van der Waals surface area contributed by atoms with E-state index in [1.165, 1.54) is 24.4 Å². The van der Waals surface area contributed by atoms with E-state index in [9.17, 15) is 8.78 Å². The molecule has 0 aliphatic carbocycles. The second-order valence-electron chi connectivity index (χ2n) is 3.59. The van der Waals surface area contributed by atoms with E-state index in [4.69, 9.17) is 11.6 Å². The van der Waals surface area contributed by atoms with Crippen LogP contribution in [0.2, 0.25) is 5.02 Å². The molecular formula is C12H8BrClF2N2. The third-order valence-electron chi connectivity index (χ3n) is 2.25. The van der Waals surface area contributed by atoms with E-state index in [2.05, 4.69) is 26.2 Å². The minimum absolute atomic E-state index is 0.0403. The first-order valence-corrected chi connectivity index (χ1v) is 6.22. The van der Waals surface area contributed by atoms with E-state index in [1.807, 2.05) is 0 Å². The highest BCUT2D eigenvalue weighted by Crippen LogP contribution is 2.19. The first kappa shape index (κ1) is 13.2. The van der Waals surface area contributed by atoms with Gasteiger partial charge >= 0.3 is 0 Å². The van der Waals surface area contributed by atoms with E-state index < -0.39 is 11.6 Å². The maximum absolute atomic E-state index is 13.5. The number of nitrogens with one attached hydrogen (secondary N) is 1. The molecular weight excluding hydrogens is 325 g/mol. The van der Waals surface area contributed by atoms with E-state index in [0.29, 0.717) is 11.0 Å². The quantitative estimate of drug-likeness (QED) is 0.901. The van der Waals surface area contributed by atoms with Crippen molar-refractivity contribution in [2.75, 3.05) is 5.32 Å². The average molecular weight is 334 g/mol. The summed E-state index contributed by atoms with van der Waals surface area (Å²) in [6.07, 6.45) is 1.49. The lowest BCUT2D eigenvalue weighted by atomic mass is 10.2. The Labute approximate surface area is 116 Å². The van der Waals surface area contributed by atoms with Gasteiger partial charge in [-0.3, -0.25) is 0 Å². The van der Waals surface area contributed by atoms with Gasteiger partial charge in [0.25, 0.3) is 0 Å². The molecule has 18 heavy (non-hydrogen) atoms. The molecule has 2 rings (SSSR count). The zero-order valence-corrected chi connectivity index (χ0v) is 11.4. The second kappa shape index (κ2) is 5.63. The van der Waals surface area contributed by atoms with E-state index >= 15 is 0 Å². The highest BCUT2D eigenvalue weighted by Gasteiger charge is 2.05. The molecule has 1 heterocycles. The number of benzene rings is 1. The summed E-state index contributed by atoms with van der Waals surface area (Å²) in [7, 11) is 0. The van der Waals surface area contributed by atoms with Crippen molar-refractivity contribution in [3.8, 4) is 0 Å². The number of halogens is 4. The zero-order chi connectivity index (χ0) is 13.1. The minimum atomic E-state index is -0.478. The largest absolute Gasteiger partial charge is 0.364 e. The summed E-state index contributed by atoms with van der Waals surface area (Å²) in [6.45, 7) is 0.311. The lowest BCUT2D eigenvalue weighted by Gasteiger charge is -2.07. The molecule has 0 amide bonds. The third-order valence-corrected chi connectivity index (χ3v) is 2.98. The normalized spacial score (nSPS) is 10.4. The highest BCUT2D eigenvalue weighted by atomic mass is 79.9. The van der Waals surface area contributed by atoms with Gasteiger partial charge in [-0.15, -0.1) is 0 Å². The molecule has 0 spiro atoms. The van der Waals surface area contributed by atoms with Gasteiger partial charge in [0.15, 0.2) is 11.6 Å². The van der Waals surface area contributed by atoms with Gasteiger partial charge in [-0.1, -0.05) is 17.7 Å². The molecule has 1 aromatic carbocycles. The van der Waals surface area contributed by atoms with Crippen LogP contribution in [-0.2, 0) is 6.54 Å². The maximum atomic E-state index is 13.5. The van der Waals surface area contributed by atoms with Gasteiger partial charge < -0.3 is 5.32 Å². The Bertz CT molecular complexity index is 578. The summed E-state index contributed by atoms with van der Waals surface area (Å²) < 4.78 is 27.0. The Morgan fingerprint density at radius 2 is 2.00 bits per heavy atom. The number of hydrogen-bond acceptors (Lipinski definition) is 2. The Morgan fingerprint density at radius 1 is 1.22 bits per heavy atom. The molecule has 0 aliphatic rings. The molecule has 0 atom stereocenters. The molecule has 2 aromatic rings. The summed E-state index contributed by atoms with van der Waals surface area (Å²) in [5, 5.41) is 2.86. The number of hydrogen-bond donors (Lipinski definition) is 1. The molecule has 94 valence electrons. The fourth-order valence-electron chi connectivity index (χ4n) is 1.38. The number of nitrogens with zero attached hydrogens (tertiary/aromatic N) is 1. The van der Waals surface area contributed by atoms with Gasteiger partial charge in [0, 0.05) is 17.2 Å². The predicted molar refractivity (Wildman–Crippen MR) is 70.6 cm³/mol.